The van der Waals surface area contributed by atoms with Crippen molar-refractivity contribution >= 4 is 33.8 Å². The summed E-state index contributed by atoms with van der Waals surface area (Å²) in [6, 6.07) is 6.09. The fourth-order valence-corrected chi connectivity index (χ4v) is 2.98. The largest absolute Gasteiger partial charge is 1.00 e. The van der Waals surface area contributed by atoms with Gasteiger partial charge in [-0.15, -0.1) is 0 Å². The second-order valence-corrected chi connectivity index (χ2v) is 6.50. The van der Waals surface area contributed by atoms with E-state index in [1.165, 1.54) is 12.1 Å². The predicted octanol–water partition coefficient (Wildman–Crippen LogP) is -14.1. The molecule has 136 valence electrons. The van der Waals surface area contributed by atoms with Crippen molar-refractivity contribution in [2.24, 2.45) is 0 Å². The van der Waals surface area contributed by atoms with Gasteiger partial charge in [-0.05, 0) is 12.1 Å². The van der Waals surface area contributed by atoms with E-state index in [1.54, 1.807) is 12.1 Å². The van der Waals surface area contributed by atoms with E-state index in [4.69, 9.17) is 5.11 Å². The molecule has 1 heterocycles. The minimum atomic E-state index is -3.55. The Bertz CT molecular complexity index is 827. The van der Waals surface area contributed by atoms with Gasteiger partial charge >= 0.3 is 88.7 Å². The molecule has 1 aliphatic rings. The van der Waals surface area contributed by atoms with Crippen LogP contribution in [0.5, 0.6) is 0 Å². The van der Waals surface area contributed by atoms with Crippen molar-refractivity contribution < 1.29 is 137 Å². The van der Waals surface area contributed by atoms with Gasteiger partial charge in [0, 0.05) is 24.8 Å². The molecule has 0 saturated carbocycles. The van der Waals surface area contributed by atoms with Gasteiger partial charge < -0.3 is 34.8 Å². The number of rotatable bonds is 5. The average molecular weight is 441 g/mol. The number of carboxylic acid groups (broad SMARTS) is 3. The summed E-state index contributed by atoms with van der Waals surface area (Å²) in [4.78, 5) is 41.1. The first-order chi connectivity index (χ1) is 11.4. The molecule has 1 aliphatic heterocycles. The summed E-state index contributed by atoms with van der Waals surface area (Å²) in [5.41, 5.74) is -2.75. The minimum Gasteiger partial charge on any atom is -0.550 e. The Labute approximate surface area is 225 Å². The molecule has 0 bridgehead atoms. The molecule has 0 spiro atoms. The summed E-state index contributed by atoms with van der Waals surface area (Å²) >= 11 is 0. The Morgan fingerprint density at radius 1 is 0.964 bits per heavy atom. The maximum Gasteiger partial charge on any atom is 1.00 e. The third-order valence-corrected chi connectivity index (χ3v) is 4.29. The van der Waals surface area contributed by atoms with Crippen molar-refractivity contribution in [3.05, 3.63) is 29.8 Å². The molecule has 0 radical (unpaired) electrons. The van der Waals surface area contributed by atoms with Crippen LogP contribution in [0.2, 0.25) is 0 Å². The molecule has 0 unspecified atom stereocenters. The van der Waals surface area contributed by atoms with Crippen LogP contribution in [-0.2, 0) is 24.4 Å². The van der Waals surface area contributed by atoms with Gasteiger partial charge in [0.15, 0.2) is 0 Å². The standard InChI is InChI=1S/C7H5NO3S.C6H8O7.3Na/c9-7-5-3-1-2-4-6(5)12(10,11)8-7;7-3(8)1-6(13,5(11)12)2-4(9)10;;;/h1-4H,(H,8,9);13H,1-2H2,(H,7,8)(H,9,10)(H,11,12);;;/q;;3*+1/p-3. The first-order valence-corrected chi connectivity index (χ1v) is 7.87. The molecule has 2 N–H and O–H groups in total. The first kappa shape index (κ1) is 32.7. The van der Waals surface area contributed by atoms with Crippen LogP contribution in [0.15, 0.2) is 29.2 Å². The van der Waals surface area contributed by atoms with Gasteiger partial charge in [-0.3, -0.25) is 4.79 Å². The summed E-state index contributed by atoms with van der Waals surface area (Å²) in [5, 5.41) is 38.9. The number of carbonyl (C=O) groups is 4. The average Bonchev–Trinajstić information content (AvgIpc) is 2.68. The van der Waals surface area contributed by atoms with E-state index in [0.717, 1.165) is 0 Å². The molecule has 0 fully saturated rings. The maximum absolute atomic E-state index is 11.1. The quantitative estimate of drug-likeness (QED) is 0.413. The van der Waals surface area contributed by atoms with E-state index in [0.29, 0.717) is 0 Å². The number of aliphatic hydroxyl groups is 1. The van der Waals surface area contributed by atoms with Crippen LogP contribution in [0.25, 0.3) is 0 Å². The molecule has 0 atom stereocenters. The van der Waals surface area contributed by atoms with Gasteiger partial charge in [0.25, 0.3) is 15.9 Å². The Morgan fingerprint density at radius 3 is 1.75 bits per heavy atom. The van der Waals surface area contributed by atoms with Gasteiger partial charge in [0.2, 0.25) is 0 Å². The van der Waals surface area contributed by atoms with Gasteiger partial charge in [0.05, 0.1) is 11.5 Å². The van der Waals surface area contributed by atoms with E-state index in [9.17, 15) is 42.9 Å². The third kappa shape index (κ3) is 9.22. The van der Waals surface area contributed by atoms with Crippen LogP contribution in [0, 0.1) is 0 Å². The molecule has 11 nitrogen and oxygen atoms in total. The van der Waals surface area contributed by atoms with E-state index in [-0.39, 0.29) is 99.1 Å². The van der Waals surface area contributed by atoms with Crippen molar-refractivity contribution in [3.63, 3.8) is 0 Å². The van der Waals surface area contributed by atoms with Crippen molar-refractivity contribution in [2.75, 3.05) is 0 Å². The number of nitrogens with one attached hydrogen (secondary N) is 1. The molecule has 0 aromatic heterocycles. The zero-order valence-corrected chi connectivity index (χ0v) is 22.1. The van der Waals surface area contributed by atoms with Crippen LogP contribution in [0.3, 0.4) is 0 Å². The number of sulfonamides is 1. The van der Waals surface area contributed by atoms with Gasteiger partial charge in [-0.2, -0.15) is 0 Å². The summed E-state index contributed by atoms with van der Waals surface area (Å²) < 4.78 is 24.2. The van der Waals surface area contributed by atoms with Crippen molar-refractivity contribution in [1.82, 2.24) is 4.72 Å². The van der Waals surface area contributed by atoms with Crippen LogP contribution in [0.4, 0.5) is 0 Å². The monoisotopic (exact) mass is 441 g/mol. The van der Waals surface area contributed by atoms with Crippen molar-refractivity contribution in [1.29, 1.82) is 0 Å². The number of amides is 1. The van der Waals surface area contributed by atoms with E-state index in [1.807, 2.05) is 4.72 Å². The number of aliphatic carboxylic acids is 3. The van der Waals surface area contributed by atoms with E-state index < -0.39 is 52.3 Å². The zero-order valence-electron chi connectivity index (χ0n) is 15.3. The Morgan fingerprint density at radius 2 is 1.39 bits per heavy atom. The van der Waals surface area contributed by atoms with Crippen molar-refractivity contribution in [3.8, 4) is 0 Å². The van der Waals surface area contributed by atoms with Gasteiger partial charge in [0.1, 0.15) is 10.5 Å². The number of hydrogen-bond acceptors (Lipinski definition) is 10. The normalized spacial score (nSPS) is 13.0. The molecule has 0 saturated heterocycles. The second kappa shape index (κ2) is 13.3. The van der Waals surface area contributed by atoms with Crippen LogP contribution >= 0.6 is 0 Å². The van der Waals surface area contributed by atoms with Crippen LogP contribution in [-0.4, -0.2) is 42.9 Å². The smallest absolute Gasteiger partial charge is 0.550 e. The molecule has 2 rings (SSSR count). The summed E-state index contributed by atoms with van der Waals surface area (Å²) in [6.45, 7) is 0. The third-order valence-electron chi connectivity index (χ3n) is 2.90. The van der Waals surface area contributed by atoms with Crippen LogP contribution < -0.4 is 109 Å². The summed E-state index contributed by atoms with van der Waals surface area (Å²) in [7, 11) is -3.55. The summed E-state index contributed by atoms with van der Waals surface area (Å²) in [6.07, 6.45) is -2.72. The number of carbonyl (C=O) groups excluding carboxylic acids is 4. The topological polar surface area (TPSA) is 204 Å². The fraction of sp³-hybridized carbons (Fsp3) is 0.231. The molecular formula is C13H10NNa3O10S. The molecule has 0 aliphatic carbocycles. The van der Waals surface area contributed by atoms with Crippen molar-refractivity contribution in [2.45, 2.75) is 23.3 Å². The zero-order chi connectivity index (χ0) is 19.4. The second-order valence-electron chi connectivity index (χ2n) is 4.85. The molecule has 28 heavy (non-hydrogen) atoms. The molecule has 1 amide bonds. The predicted molar refractivity (Wildman–Crippen MR) is 70.3 cm³/mol. The Kier molecular flexibility index (Phi) is 15.6. The summed E-state index contributed by atoms with van der Waals surface area (Å²) in [5.74, 6) is -6.53. The SMILES string of the molecule is O=C([O-])CC(O)(CC(=O)[O-])C(=O)[O-].O=C1NS(=O)(=O)c2ccccc21.[Na+].[Na+].[Na+]. The molecular weight excluding hydrogens is 431 g/mol. The maximum atomic E-state index is 11.1. The first-order valence-electron chi connectivity index (χ1n) is 6.39. The van der Waals surface area contributed by atoms with Gasteiger partial charge in [-0.1, -0.05) is 12.1 Å². The number of fused-ring (bicyclic) bond motifs is 1. The number of hydrogen-bond donors (Lipinski definition) is 2. The fourth-order valence-electron chi connectivity index (χ4n) is 1.80. The van der Waals surface area contributed by atoms with Gasteiger partial charge in [-0.25, -0.2) is 13.1 Å². The van der Waals surface area contributed by atoms with E-state index >= 15 is 0 Å². The Balaban J connectivity index is -0.000000403. The molecule has 1 aromatic rings. The Hall–Kier alpha value is 0.0100. The molecule has 15 heteroatoms. The molecule has 1 aromatic carbocycles. The number of benzene rings is 1. The van der Waals surface area contributed by atoms with Crippen LogP contribution in [0.1, 0.15) is 23.2 Å². The van der Waals surface area contributed by atoms with E-state index in [2.05, 4.69) is 0 Å². The number of carboxylic acids is 3. The minimum absolute atomic E-state index is 0.